The van der Waals surface area contributed by atoms with E-state index in [-0.39, 0.29) is 5.96 Å². The summed E-state index contributed by atoms with van der Waals surface area (Å²) in [6, 6.07) is 0. The summed E-state index contributed by atoms with van der Waals surface area (Å²) in [5.74, 6) is 0.427. The number of carbonyl (C=O) groups excluding carboxylic acids is 1. The average molecular weight is 171 g/mol. The fourth-order valence-corrected chi connectivity index (χ4v) is 0.819. The largest absolute Gasteiger partial charge is 0.370 e. The van der Waals surface area contributed by atoms with Gasteiger partial charge in [0, 0.05) is 19.4 Å². The number of rotatable bonds is 6. The van der Waals surface area contributed by atoms with Crippen molar-refractivity contribution in [1.82, 2.24) is 0 Å². The predicted octanol–water partition coefficient (Wildman–Crippen LogP) is 0.409. The smallest absolute Gasteiger partial charge is 0.185 e. The standard InChI is InChI=1S/C8H17N3O/c1-2-7(12)5-3-4-6-11-8(9)10/h2-6H2,1H3,(H4,9,10,11). The molecule has 0 amide bonds. The van der Waals surface area contributed by atoms with E-state index in [1.807, 2.05) is 6.92 Å². The van der Waals surface area contributed by atoms with Gasteiger partial charge in [0.2, 0.25) is 0 Å². The Hall–Kier alpha value is -1.06. The van der Waals surface area contributed by atoms with Crippen LogP contribution in [0.15, 0.2) is 4.99 Å². The Morgan fingerprint density at radius 1 is 1.33 bits per heavy atom. The number of carbonyl (C=O) groups is 1. The molecule has 0 heterocycles. The third kappa shape index (κ3) is 7.05. The van der Waals surface area contributed by atoms with Crippen molar-refractivity contribution in [2.75, 3.05) is 6.54 Å². The number of ketones is 1. The Morgan fingerprint density at radius 3 is 2.50 bits per heavy atom. The van der Waals surface area contributed by atoms with E-state index in [4.69, 9.17) is 11.5 Å². The number of nitrogens with two attached hydrogens (primary N) is 2. The van der Waals surface area contributed by atoms with Crippen LogP contribution in [0.25, 0.3) is 0 Å². The SMILES string of the molecule is CCC(=O)CCCCN=C(N)N. The molecule has 0 rings (SSSR count). The third-order valence-electron chi connectivity index (χ3n) is 1.55. The molecule has 0 saturated carbocycles. The molecule has 0 aliphatic carbocycles. The first kappa shape index (κ1) is 10.9. The van der Waals surface area contributed by atoms with E-state index in [9.17, 15) is 4.79 Å². The zero-order chi connectivity index (χ0) is 9.40. The molecule has 0 spiro atoms. The minimum atomic E-state index is 0.122. The highest BCUT2D eigenvalue weighted by Gasteiger charge is 1.96. The van der Waals surface area contributed by atoms with Crippen LogP contribution in [0.5, 0.6) is 0 Å². The predicted molar refractivity (Wildman–Crippen MR) is 49.8 cm³/mol. The van der Waals surface area contributed by atoms with Crippen LogP contribution >= 0.6 is 0 Å². The van der Waals surface area contributed by atoms with Gasteiger partial charge in [-0.15, -0.1) is 0 Å². The van der Waals surface area contributed by atoms with E-state index < -0.39 is 0 Å². The minimum Gasteiger partial charge on any atom is -0.370 e. The van der Waals surface area contributed by atoms with Crippen molar-refractivity contribution in [2.24, 2.45) is 16.5 Å². The van der Waals surface area contributed by atoms with Gasteiger partial charge in [0.15, 0.2) is 5.96 Å². The van der Waals surface area contributed by atoms with E-state index in [1.165, 1.54) is 0 Å². The van der Waals surface area contributed by atoms with E-state index in [1.54, 1.807) is 0 Å². The minimum absolute atomic E-state index is 0.122. The molecule has 0 atom stereocenters. The molecule has 0 fully saturated rings. The van der Waals surface area contributed by atoms with Crippen molar-refractivity contribution < 1.29 is 4.79 Å². The molecular formula is C8H17N3O. The van der Waals surface area contributed by atoms with Crippen LogP contribution < -0.4 is 11.5 Å². The summed E-state index contributed by atoms with van der Waals surface area (Å²) in [5.41, 5.74) is 10.2. The van der Waals surface area contributed by atoms with Crippen molar-refractivity contribution in [3.63, 3.8) is 0 Å². The number of hydrogen-bond donors (Lipinski definition) is 2. The van der Waals surface area contributed by atoms with Crippen LogP contribution in [0.1, 0.15) is 32.6 Å². The Bertz CT molecular complexity index is 162. The third-order valence-corrected chi connectivity index (χ3v) is 1.55. The van der Waals surface area contributed by atoms with Crippen LogP contribution in [-0.4, -0.2) is 18.3 Å². The van der Waals surface area contributed by atoms with Gasteiger partial charge in [-0.25, -0.2) is 0 Å². The average Bonchev–Trinajstić information content (AvgIpc) is 2.03. The summed E-state index contributed by atoms with van der Waals surface area (Å²) in [6.07, 6.45) is 3.03. The Labute approximate surface area is 73.0 Å². The van der Waals surface area contributed by atoms with Gasteiger partial charge in [-0.3, -0.25) is 9.79 Å². The number of unbranched alkanes of at least 4 members (excludes halogenated alkanes) is 1. The van der Waals surface area contributed by atoms with Gasteiger partial charge in [0.25, 0.3) is 0 Å². The topological polar surface area (TPSA) is 81.5 Å². The van der Waals surface area contributed by atoms with Gasteiger partial charge in [0.05, 0.1) is 0 Å². The van der Waals surface area contributed by atoms with Gasteiger partial charge in [-0.05, 0) is 12.8 Å². The highest BCUT2D eigenvalue weighted by atomic mass is 16.1. The summed E-state index contributed by atoms with van der Waals surface area (Å²) in [5, 5.41) is 0. The fraction of sp³-hybridized carbons (Fsp3) is 0.750. The van der Waals surface area contributed by atoms with E-state index in [0.29, 0.717) is 25.2 Å². The Kier molecular flexibility index (Phi) is 6.05. The zero-order valence-corrected chi connectivity index (χ0v) is 7.55. The second kappa shape index (κ2) is 6.64. The number of Topliss-reactive ketones (excluding diaryl/α,β-unsaturated/α-hetero) is 1. The molecule has 70 valence electrons. The number of hydrogen-bond acceptors (Lipinski definition) is 2. The molecule has 0 aliphatic heterocycles. The first-order valence-electron chi connectivity index (χ1n) is 4.24. The lowest BCUT2D eigenvalue weighted by Crippen LogP contribution is -2.22. The highest BCUT2D eigenvalue weighted by molar-refractivity contribution is 5.77. The number of guanidine groups is 1. The van der Waals surface area contributed by atoms with Crippen LogP contribution in [0.2, 0.25) is 0 Å². The van der Waals surface area contributed by atoms with Crippen molar-refractivity contribution >= 4 is 11.7 Å². The quantitative estimate of drug-likeness (QED) is 0.345. The summed E-state index contributed by atoms with van der Waals surface area (Å²) >= 11 is 0. The molecule has 0 saturated heterocycles. The van der Waals surface area contributed by atoms with Crippen molar-refractivity contribution in [2.45, 2.75) is 32.6 Å². The van der Waals surface area contributed by atoms with Gasteiger partial charge in [-0.1, -0.05) is 6.92 Å². The molecule has 0 bridgehead atoms. The lowest BCUT2D eigenvalue weighted by Gasteiger charge is -1.96. The fourth-order valence-electron chi connectivity index (χ4n) is 0.819. The van der Waals surface area contributed by atoms with Crippen LogP contribution in [0.3, 0.4) is 0 Å². The number of nitrogens with zero attached hydrogens (tertiary/aromatic N) is 1. The molecule has 12 heavy (non-hydrogen) atoms. The first-order chi connectivity index (χ1) is 5.66. The maximum atomic E-state index is 10.8. The van der Waals surface area contributed by atoms with Gasteiger partial charge in [0.1, 0.15) is 5.78 Å². The van der Waals surface area contributed by atoms with Crippen LogP contribution in [0.4, 0.5) is 0 Å². The second-order valence-electron chi connectivity index (χ2n) is 2.66. The number of aliphatic imine (C=N–C) groups is 1. The maximum absolute atomic E-state index is 10.8. The molecule has 0 aromatic heterocycles. The summed E-state index contributed by atoms with van der Waals surface area (Å²) < 4.78 is 0. The summed E-state index contributed by atoms with van der Waals surface area (Å²) in [4.78, 5) is 14.6. The first-order valence-corrected chi connectivity index (χ1v) is 4.24. The summed E-state index contributed by atoms with van der Waals surface area (Å²) in [6.45, 7) is 2.50. The van der Waals surface area contributed by atoms with Gasteiger partial charge in [-0.2, -0.15) is 0 Å². The lowest BCUT2D eigenvalue weighted by atomic mass is 10.1. The van der Waals surface area contributed by atoms with Crippen LogP contribution in [-0.2, 0) is 4.79 Å². The molecule has 4 heteroatoms. The molecular weight excluding hydrogens is 154 g/mol. The van der Waals surface area contributed by atoms with Gasteiger partial charge < -0.3 is 11.5 Å². The van der Waals surface area contributed by atoms with Crippen molar-refractivity contribution in [3.05, 3.63) is 0 Å². The lowest BCUT2D eigenvalue weighted by molar-refractivity contribution is -0.118. The van der Waals surface area contributed by atoms with Crippen molar-refractivity contribution in [3.8, 4) is 0 Å². The molecule has 0 radical (unpaired) electrons. The normalized spacial score (nSPS) is 9.42. The molecule has 0 aliphatic rings. The van der Waals surface area contributed by atoms with Gasteiger partial charge >= 0.3 is 0 Å². The second-order valence-corrected chi connectivity index (χ2v) is 2.66. The zero-order valence-electron chi connectivity index (χ0n) is 7.55. The Morgan fingerprint density at radius 2 is 2.00 bits per heavy atom. The van der Waals surface area contributed by atoms with E-state index in [2.05, 4.69) is 4.99 Å². The summed E-state index contributed by atoms with van der Waals surface area (Å²) in [7, 11) is 0. The molecule has 0 aromatic rings. The van der Waals surface area contributed by atoms with E-state index >= 15 is 0 Å². The monoisotopic (exact) mass is 171 g/mol. The van der Waals surface area contributed by atoms with Crippen molar-refractivity contribution in [1.29, 1.82) is 0 Å². The Balaban J connectivity index is 3.22. The van der Waals surface area contributed by atoms with Crippen LogP contribution in [0, 0.1) is 0 Å². The molecule has 4 nitrogen and oxygen atoms in total. The van der Waals surface area contributed by atoms with E-state index in [0.717, 1.165) is 12.8 Å². The molecule has 0 unspecified atom stereocenters. The molecule has 0 aromatic carbocycles. The maximum Gasteiger partial charge on any atom is 0.185 e. The highest BCUT2D eigenvalue weighted by Crippen LogP contribution is 1.98. The molecule has 4 N–H and O–H groups in total.